The monoisotopic (exact) mass is 267 g/mol. The molecule has 0 aliphatic heterocycles. The molecule has 0 radical (unpaired) electrons. The second kappa shape index (κ2) is 5.59. The van der Waals surface area contributed by atoms with Crippen molar-refractivity contribution in [3.63, 3.8) is 0 Å². The molecule has 1 aromatic carbocycles. The third-order valence-corrected chi connectivity index (χ3v) is 3.86. The van der Waals surface area contributed by atoms with Crippen LogP contribution in [0, 0.1) is 5.92 Å². The number of nitrogens with two attached hydrogens (primary N) is 2. The molecule has 0 aromatic heterocycles. The Labute approximate surface area is 112 Å². The van der Waals surface area contributed by atoms with Gasteiger partial charge in [-0.05, 0) is 43.5 Å². The van der Waals surface area contributed by atoms with Crippen molar-refractivity contribution in [3.8, 4) is 0 Å². The maximum atomic E-state index is 11.1. The summed E-state index contributed by atoms with van der Waals surface area (Å²) in [7, 11) is 0. The van der Waals surface area contributed by atoms with Crippen LogP contribution in [0.2, 0.25) is 5.02 Å². The van der Waals surface area contributed by atoms with Crippen LogP contribution in [0.3, 0.4) is 0 Å². The molecule has 0 heterocycles. The summed E-state index contributed by atoms with van der Waals surface area (Å²) >= 11 is 6.01. The van der Waals surface area contributed by atoms with Crippen LogP contribution in [0.15, 0.2) is 18.2 Å². The first-order valence-electron chi connectivity index (χ1n) is 6.17. The zero-order valence-electron chi connectivity index (χ0n) is 10.2. The van der Waals surface area contributed by atoms with Crippen LogP contribution in [-0.4, -0.2) is 18.5 Å². The van der Waals surface area contributed by atoms with E-state index in [0.29, 0.717) is 29.1 Å². The van der Waals surface area contributed by atoms with Crippen molar-refractivity contribution in [2.24, 2.45) is 17.4 Å². The van der Waals surface area contributed by atoms with E-state index in [4.69, 9.17) is 23.1 Å². The molecule has 1 aliphatic carbocycles. The van der Waals surface area contributed by atoms with E-state index in [0.717, 1.165) is 12.1 Å². The van der Waals surface area contributed by atoms with E-state index in [9.17, 15) is 4.79 Å². The molecule has 1 fully saturated rings. The van der Waals surface area contributed by atoms with Crippen molar-refractivity contribution >= 4 is 23.2 Å². The average Bonchev–Trinajstić information content (AvgIpc) is 2.76. The topological polar surface area (TPSA) is 81.1 Å². The van der Waals surface area contributed by atoms with Gasteiger partial charge in [-0.2, -0.15) is 0 Å². The first-order chi connectivity index (χ1) is 8.61. The van der Waals surface area contributed by atoms with Gasteiger partial charge in [0.1, 0.15) is 0 Å². The van der Waals surface area contributed by atoms with Crippen LogP contribution in [-0.2, 0) is 0 Å². The Hall–Kier alpha value is -1.26. The Morgan fingerprint density at radius 2 is 2.22 bits per heavy atom. The van der Waals surface area contributed by atoms with Crippen molar-refractivity contribution in [1.82, 2.24) is 0 Å². The van der Waals surface area contributed by atoms with Gasteiger partial charge >= 0.3 is 0 Å². The number of amides is 1. The average molecular weight is 268 g/mol. The Balaban J connectivity index is 2.10. The van der Waals surface area contributed by atoms with Gasteiger partial charge in [0.25, 0.3) is 0 Å². The van der Waals surface area contributed by atoms with E-state index in [1.54, 1.807) is 12.1 Å². The molecule has 1 saturated carbocycles. The van der Waals surface area contributed by atoms with E-state index in [2.05, 4.69) is 5.32 Å². The molecule has 98 valence electrons. The molecule has 2 rings (SSSR count). The van der Waals surface area contributed by atoms with Gasteiger partial charge < -0.3 is 16.8 Å². The van der Waals surface area contributed by atoms with Crippen molar-refractivity contribution in [1.29, 1.82) is 0 Å². The van der Waals surface area contributed by atoms with Crippen molar-refractivity contribution in [3.05, 3.63) is 28.8 Å². The highest BCUT2D eigenvalue weighted by atomic mass is 35.5. The lowest BCUT2D eigenvalue weighted by Crippen LogP contribution is -2.29. The summed E-state index contributed by atoms with van der Waals surface area (Å²) < 4.78 is 0. The van der Waals surface area contributed by atoms with Gasteiger partial charge in [-0.3, -0.25) is 4.79 Å². The van der Waals surface area contributed by atoms with Gasteiger partial charge in [0.05, 0.1) is 10.6 Å². The molecule has 0 spiro atoms. The molecule has 5 heteroatoms. The predicted octanol–water partition coefficient (Wildman–Crippen LogP) is 1.98. The SMILES string of the molecule is NCC1CCCC1Nc1ccc(C(N)=O)c(Cl)c1. The summed E-state index contributed by atoms with van der Waals surface area (Å²) in [5.74, 6) is 0.00634. The van der Waals surface area contributed by atoms with Crippen LogP contribution < -0.4 is 16.8 Å². The Morgan fingerprint density at radius 3 is 2.83 bits per heavy atom. The lowest BCUT2D eigenvalue weighted by Gasteiger charge is -2.21. The highest BCUT2D eigenvalue weighted by Crippen LogP contribution is 2.29. The number of hydrogen-bond donors (Lipinski definition) is 3. The molecule has 0 bridgehead atoms. The van der Waals surface area contributed by atoms with Crippen LogP contribution in [0.5, 0.6) is 0 Å². The summed E-state index contributed by atoms with van der Waals surface area (Å²) in [6, 6.07) is 5.62. The number of nitrogens with one attached hydrogen (secondary N) is 1. The summed E-state index contributed by atoms with van der Waals surface area (Å²) in [6.45, 7) is 0.699. The number of benzene rings is 1. The predicted molar refractivity (Wildman–Crippen MR) is 73.8 cm³/mol. The first kappa shape index (κ1) is 13.2. The van der Waals surface area contributed by atoms with Gasteiger partial charge in [0.15, 0.2) is 0 Å². The maximum Gasteiger partial charge on any atom is 0.250 e. The second-order valence-corrected chi connectivity index (χ2v) is 5.14. The van der Waals surface area contributed by atoms with Gasteiger partial charge in [-0.25, -0.2) is 0 Å². The lowest BCUT2D eigenvalue weighted by molar-refractivity contribution is 0.100. The largest absolute Gasteiger partial charge is 0.382 e. The van der Waals surface area contributed by atoms with Gasteiger partial charge in [-0.15, -0.1) is 0 Å². The van der Waals surface area contributed by atoms with Crippen LogP contribution in [0.25, 0.3) is 0 Å². The fourth-order valence-corrected chi connectivity index (χ4v) is 2.80. The van der Waals surface area contributed by atoms with E-state index >= 15 is 0 Å². The second-order valence-electron chi connectivity index (χ2n) is 4.74. The molecule has 18 heavy (non-hydrogen) atoms. The quantitative estimate of drug-likeness (QED) is 0.780. The van der Waals surface area contributed by atoms with Crippen molar-refractivity contribution in [2.75, 3.05) is 11.9 Å². The van der Waals surface area contributed by atoms with Gasteiger partial charge in [-0.1, -0.05) is 18.0 Å². The van der Waals surface area contributed by atoms with Crippen LogP contribution in [0.1, 0.15) is 29.6 Å². The summed E-state index contributed by atoms with van der Waals surface area (Å²) in [5.41, 5.74) is 12.2. The number of hydrogen-bond acceptors (Lipinski definition) is 3. The fraction of sp³-hybridized carbons (Fsp3) is 0.462. The standard InChI is InChI=1S/C13H18ClN3O/c14-11-6-9(4-5-10(11)13(16)18)17-12-3-1-2-8(12)7-15/h4-6,8,12,17H,1-3,7,15H2,(H2,16,18). The highest BCUT2D eigenvalue weighted by molar-refractivity contribution is 6.34. The molecule has 1 amide bonds. The third kappa shape index (κ3) is 2.76. The minimum atomic E-state index is -0.507. The van der Waals surface area contributed by atoms with E-state index in [1.807, 2.05) is 6.07 Å². The number of carbonyl (C=O) groups excluding carboxylic acids is 1. The minimum absolute atomic E-state index is 0.351. The Morgan fingerprint density at radius 1 is 1.44 bits per heavy atom. The van der Waals surface area contributed by atoms with E-state index < -0.39 is 5.91 Å². The van der Waals surface area contributed by atoms with E-state index in [-0.39, 0.29) is 0 Å². The number of halogens is 1. The molecule has 0 saturated heterocycles. The molecule has 4 nitrogen and oxygen atoms in total. The Bertz CT molecular complexity index is 450. The fourth-order valence-electron chi connectivity index (χ4n) is 2.53. The smallest absolute Gasteiger partial charge is 0.250 e. The number of anilines is 1. The Kier molecular flexibility index (Phi) is 4.09. The molecular formula is C13H18ClN3O. The zero-order valence-corrected chi connectivity index (χ0v) is 10.9. The molecule has 1 aliphatic rings. The van der Waals surface area contributed by atoms with Crippen LogP contribution >= 0.6 is 11.6 Å². The molecule has 2 atom stereocenters. The molecule has 5 N–H and O–H groups in total. The summed E-state index contributed by atoms with van der Waals surface area (Å²) in [6.07, 6.45) is 3.49. The third-order valence-electron chi connectivity index (χ3n) is 3.55. The van der Waals surface area contributed by atoms with Gasteiger partial charge in [0, 0.05) is 11.7 Å². The normalized spacial score (nSPS) is 23.0. The summed E-state index contributed by atoms with van der Waals surface area (Å²) in [5, 5.41) is 3.82. The van der Waals surface area contributed by atoms with Crippen molar-refractivity contribution < 1.29 is 4.79 Å². The van der Waals surface area contributed by atoms with Crippen molar-refractivity contribution in [2.45, 2.75) is 25.3 Å². The maximum absolute atomic E-state index is 11.1. The summed E-state index contributed by atoms with van der Waals surface area (Å²) in [4.78, 5) is 11.1. The lowest BCUT2D eigenvalue weighted by atomic mass is 10.0. The van der Waals surface area contributed by atoms with E-state index in [1.165, 1.54) is 12.8 Å². The number of carbonyl (C=O) groups is 1. The zero-order chi connectivity index (χ0) is 13.1. The first-order valence-corrected chi connectivity index (χ1v) is 6.55. The number of primary amides is 1. The van der Waals surface area contributed by atoms with Crippen LogP contribution in [0.4, 0.5) is 5.69 Å². The molecular weight excluding hydrogens is 250 g/mol. The molecule has 1 aromatic rings. The highest BCUT2D eigenvalue weighted by Gasteiger charge is 2.25. The number of rotatable bonds is 4. The molecule has 2 unspecified atom stereocenters. The van der Waals surface area contributed by atoms with Gasteiger partial charge in [0.2, 0.25) is 5.91 Å². The minimum Gasteiger partial charge on any atom is -0.382 e.